The molecule has 0 radical (unpaired) electrons. The van der Waals surface area contributed by atoms with E-state index in [0.717, 1.165) is 24.1 Å². The fraction of sp³-hybridized carbons (Fsp3) is 0.471. The van der Waals surface area contributed by atoms with Gasteiger partial charge in [0.25, 0.3) is 0 Å². The molecule has 108 valence electrons. The molecule has 0 spiro atoms. The van der Waals surface area contributed by atoms with Crippen LogP contribution in [-0.4, -0.2) is 17.1 Å². The van der Waals surface area contributed by atoms with Gasteiger partial charge in [0.2, 0.25) is 0 Å². The van der Waals surface area contributed by atoms with Gasteiger partial charge in [-0.15, -0.1) is 0 Å². The van der Waals surface area contributed by atoms with E-state index in [-0.39, 0.29) is 0 Å². The van der Waals surface area contributed by atoms with E-state index in [2.05, 4.69) is 24.4 Å². The molecule has 0 aromatic heterocycles. The normalized spacial score (nSPS) is 23.1. The first-order valence-corrected chi connectivity index (χ1v) is 7.37. The minimum Gasteiger partial charge on any atom is -0.478 e. The van der Waals surface area contributed by atoms with E-state index in [4.69, 9.17) is 5.11 Å². The Morgan fingerprint density at radius 3 is 2.50 bits per heavy atom. The molecule has 0 heterocycles. The molecule has 2 N–H and O–H groups in total. The predicted molar refractivity (Wildman–Crippen MR) is 81.4 cm³/mol. The van der Waals surface area contributed by atoms with Crippen LogP contribution in [0.2, 0.25) is 0 Å². The van der Waals surface area contributed by atoms with Gasteiger partial charge in [0, 0.05) is 18.7 Å². The number of benzene rings is 1. The van der Waals surface area contributed by atoms with Crippen molar-refractivity contribution in [3.05, 3.63) is 41.5 Å². The zero-order valence-corrected chi connectivity index (χ0v) is 12.0. The van der Waals surface area contributed by atoms with Gasteiger partial charge in [0.15, 0.2) is 0 Å². The maximum Gasteiger partial charge on any atom is 0.328 e. The van der Waals surface area contributed by atoms with Gasteiger partial charge in [0.1, 0.15) is 0 Å². The summed E-state index contributed by atoms with van der Waals surface area (Å²) in [5, 5.41) is 12.2. The van der Waals surface area contributed by atoms with E-state index >= 15 is 0 Å². The van der Waals surface area contributed by atoms with E-state index in [9.17, 15) is 4.79 Å². The van der Waals surface area contributed by atoms with E-state index in [0.29, 0.717) is 6.04 Å². The molecule has 3 nitrogen and oxygen atoms in total. The predicted octanol–water partition coefficient (Wildman–Crippen LogP) is 3.45. The lowest BCUT2D eigenvalue weighted by Gasteiger charge is -2.27. The Kier molecular flexibility index (Phi) is 5.36. The van der Waals surface area contributed by atoms with Crippen LogP contribution in [0, 0.1) is 5.92 Å². The first-order chi connectivity index (χ1) is 9.63. The highest BCUT2D eigenvalue weighted by Crippen LogP contribution is 2.23. The second-order valence-corrected chi connectivity index (χ2v) is 5.75. The van der Waals surface area contributed by atoms with Crippen LogP contribution in [0.5, 0.6) is 0 Å². The van der Waals surface area contributed by atoms with Crippen molar-refractivity contribution in [2.45, 2.75) is 45.2 Å². The Labute approximate surface area is 120 Å². The van der Waals surface area contributed by atoms with Crippen molar-refractivity contribution in [3.8, 4) is 0 Å². The lowest BCUT2D eigenvalue weighted by Crippen LogP contribution is -2.32. The molecule has 3 heteroatoms. The van der Waals surface area contributed by atoms with Gasteiger partial charge in [-0.25, -0.2) is 4.79 Å². The summed E-state index contributed by atoms with van der Waals surface area (Å²) in [6.07, 6.45) is 7.99. The standard InChI is InChI=1S/C17H23NO2/c1-13-2-9-16(10-3-13)18-12-15-6-4-14(5-7-15)8-11-17(19)20/h4-8,11,13,16,18H,2-3,9-10,12H2,1H3,(H,19,20)/b11-8+/t13-,16-. The highest BCUT2D eigenvalue weighted by molar-refractivity contribution is 5.85. The van der Waals surface area contributed by atoms with Gasteiger partial charge >= 0.3 is 5.97 Å². The summed E-state index contributed by atoms with van der Waals surface area (Å²) in [4.78, 5) is 10.4. The summed E-state index contributed by atoms with van der Waals surface area (Å²) < 4.78 is 0. The summed E-state index contributed by atoms with van der Waals surface area (Å²) >= 11 is 0. The Bertz CT molecular complexity index is 456. The van der Waals surface area contributed by atoms with Crippen LogP contribution in [0.15, 0.2) is 30.3 Å². The maximum absolute atomic E-state index is 10.4. The first-order valence-electron chi connectivity index (χ1n) is 7.37. The van der Waals surface area contributed by atoms with Gasteiger partial charge < -0.3 is 10.4 Å². The highest BCUT2D eigenvalue weighted by Gasteiger charge is 2.17. The summed E-state index contributed by atoms with van der Waals surface area (Å²) in [6, 6.07) is 8.68. The molecule has 1 aliphatic carbocycles. The average Bonchev–Trinajstić information content (AvgIpc) is 2.45. The number of nitrogens with one attached hydrogen (secondary N) is 1. The van der Waals surface area contributed by atoms with Gasteiger partial charge in [-0.05, 0) is 48.8 Å². The van der Waals surface area contributed by atoms with E-state index < -0.39 is 5.97 Å². The molecular formula is C17H23NO2. The number of hydrogen-bond donors (Lipinski definition) is 2. The summed E-state index contributed by atoms with van der Waals surface area (Å²) in [5.74, 6) is -0.0318. The van der Waals surface area contributed by atoms with Crippen molar-refractivity contribution in [1.82, 2.24) is 5.32 Å². The SMILES string of the molecule is C[C@H]1CC[C@H](NCc2ccc(/C=C/C(=O)O)cc2)CC1. The second-order valence-electron chi connectivity index (χ2n) is 5.75. The molecule has 1 aromatic carbocycles. The Morgan fingerprint density at radius 1 is 1.25 bits per heavy atom. The van der Waals surface area contributed by atoms with Gasteiger partial charge in [-0.2, -0.15) is 0 Å². The third-order valence-electron chi connectivity index (χ3n) is 4.01. The number of aliphatic carboxylic acids is 1. The largest absolute Gasteiger partial charge is 0.478 e. The van der Waals surface area contributed by atoms with Crippen molar-refractivity contribution in [1.29, 1.82) is 0 Å². The fourth-order valence-corrected chi connectivity index (χ4v) is 2.64. The number of hydrogen-bond acceptors (Lipinski definition) is 2. The van der Waals surface area contributed by atoms with Crippen LogP contribution in [-0.2, 0) is 11.3 Å². The molecule has 20 heavy (non-hydrogen) atoms. The molecule has 0 aliphatic heterocycles. The molecule has 0 unspecified atom stereocenters. The third kappa shape index (κ3) is 4.82. The van der Waals surface area contributed by atoms with Crippen molar-refractivity contribution >= 4 is 12.0 Å². The van der Waals surface area contributed by atoms with Crippen LogP contribution in [0.3, 0.4) is 0 Å². The number of carboxylic acids is 1. The third-order valence-corrected chi connectivity index (χ3v) is 4.01. The molecule has 1 fully saturated rings. The Balaban J connectivity index is 1.80. The summed E-state index contributed by atoms with van der Waals surface area (Å²) in [6.45, 7) is 3.22. The molecule has 0 atom stereocenters. The van der Waals surface area contributed by atoms with Gasteiger partial charge in [-0.3, -0.25) is 0 Å². The van der Waals surface area contributed by atoms with Crippen LogP contribution >= 0.6 is 0 Å². The number of carboxylic acid groups (broad SMARTS) is 1. The molecule has 0 bridgehead atoms. The Hall–Kier alpha value is -1.61. The zero-order chi connectivity index (χ0) is 14.4. The van der Waals surface area contributed by atoms with Crippen LogP contribution < -0.4 is 5.32 Å². The van der Waals surface area contributed by atoms with Crippen LogP contribution in [0.4, 0.5) is 0 Å². The van der Waals surface area contributed by atoms with Gasteiger partial charge in [-0.1, -0.05) is 31.2 Å². The lowest BCUT2D eigenvalue weighted by atomic mass is 9.87. The van der Waals surface area contributed by atoms with E-state index in [1.807, 2.05) is 12.1 Å². The maximum atomic E-state index is 10.4. The van der Waals surface area contributed by atoms with Crippen molar-refractivity contribution in [3.63, 3.8) is 0 Å². The molecule has 1 aliphatic rings. The molecule has 1 aromatic rings. The average molecular weight is 273 g/mol. The van der Waals surface area contributed by atoms with Gasteiger partial charge in [0.05, 0.1) is 0 Å². The first kappa shape index (κ1) is 14.8. The topological polar surface area (TPSA) is 49.3 Å². The van der Waals surface area contributed by atoms with Crippen molar-refractivity contribution in [2.75, 3.05) is 0 Å². The van der Waals surface area contributed by atoms with E-state index in [1.165, 1.54) is 31.2 Å². The molecule has 0 amide bonds. The van der Waals surface area contributed by atoms with Crippen LogP contribution in [0.25, 0.3) is 6.08 Å². The smallest absolute Gasteiger partial charge is 0.328 e. The fourth-order valence-electron chi connectivity index (χ4n) is 2.64. The minimum absolute atomic E-state index is 0.651. The second kappa shape index (κ2) is 7.25. The zero-order valence-electron chi connectivity index (χ0n) is 12.0. The summed E-state index contributed by atoms with van der Waals surface area (Å²) in [7, 11) is 0. The molecule has 2 rings (SSSR count). The Morgan fingerprint density at radius 2 is 1.90 bits per heavy atom. The quantitative estimate of drug-likeness (QED) is 0.808. The monoisotopic (exact) mass is 273 g/mol. The molecule has 0 saturated heterocycles. The van der Waals surface area contributed by atoms with E-state index in [1.54, 1.807) is 6.08 Å². The molecular weight excluding hydrogens is 250 g/mol. The summed E-state index contributed by atoms with van der Waals surface area (Å²) in [5.41, 5.74) is 2.17. The van der Waals surface area contributed by atoms with Crippen molar-refractivity contribution < 1.29 is 9.90 Å². The number of carbonyl (C=O) groups is 1. The van der Waals surface area contributed by atoms with Crippen LogP contribution in [0.1, 0.15) is 43.7 Å². The molecule has 1 saturated carbocycles. The minimum atomic E-state index is -0.915. The number of rotatable bonds is 5. The highest BCUT2D eigenvalue weighted by atomic mass is 16.4. The lowest BCUT2D eigenvalue weighted by molar-refractivity contribution is -0.131. The van der Waals surface area contributed by atoms with Crippen molar-refractivity contribution in [2.24, 2.45) is 5.92 Å².